The fourth-order valence-electron chi connectivity index (χ4n) is 1.65. The molecule has 8 heteroatoms. The number of primary sulfonamides is 1. The van der Waals surface area contributed by atoms with Gasteiger partial charge < -0.3 is 9.73 Å². The van der Waals surface area contributed by atoms with Gasteiger partial charge in [-0.25, -0.2) is 13.6 Å². The molecule has 1 amide bonds. The summed E-state index contributed by atoms with van der Waals surface area (Å²) in [5.74, 6) is 1.24. The van der Waals surface area contributed by atoms with E-state index >= 15 is 0 Å². The number of furan rings is 1. The van der Waals surface area contributed by atoms with Gasteiger partial charge in [-0.15, -0.1) is 11.8 Å². The van der Waals surface area contributed by atoms with Crippen LogP contribution in [0, 0.1) is 0 Å². The first-order valence-corrected chi connectivity index (χ1v) is 9.03. The number of nitrogens with two attached hydrogens (primary N) is 1. The van der Waals surface area contributed by atoms with Crippen LogP contribution in [-0.2, 0) is 20.6 Å². The number of hydrogen-bond acceptors (Lipinski definition) is 5. The topological polar surface area (TPSA) is 102 Å². The van der Waals surface area contributed by atoms with Gasteiger partial charge in [-0.1, -0.05) is 0 Å². The van der Waals surface area contributed by atoms with E-state index in [1.807, 2.05) is 6.07 Å². The number of anilines is 1. The number of rotatable bonds is 6. The predicted octanol–water partition coefficient (Wildman–Crippen LogP) is 2.19. The van der Waals surface area contributed by atoms with Crippen LogP contribution in [-0.4, -0.2) is 19.6 Å². The summed E-state index contributed by atoms with van der Waals surface area (Å²) in [4.78, 5) is 12.1. The molecule has 6 nitrogen and oxygen atoms in total. The van der Waals surface area contributed by atoms with Gasteiger partial charge in [-0.2, -0.15) is 0 Å². The number of benzene rings is 1. The molecule has 0 saturated carbocycles. The second-order valence-electron chi connectivity index (χ2n) is 4.59. The van der Waals surface area contributed by atoms with Gasteiger partial charge in [0, 0.05) is 5.69 Å². The first-order chi connectivity index (χ1) is 10.4. The molecule has 118 valence electrons. The summed E-state index contributed by atoms with van der Waals surface area (Å²) in [7, 11) is -3.73. The Bertz CT molecular complexity index is 725. The highest BCUT2D eigenvalue weighted by molar-refractivity contribution is 7.99. The van der Waals surface area contributed by atoms with Crippen LogP contribution in [0.2, 0.25) is 0 Å². The Labute approximate surface area is 133 Å². The Morgan fingerprint density at radius 2 is 2.00 bits per heavy atom. The van der Waals surface area contributed by atoms with E-state index in [1.165, 1.54) is 36.0 Å². The van der Waals surface area contributed by atoms with E-state index in [2.05, 4.69) is 5.32 Å². The molecule has 1 aromatic carbocycles. The number of thioether (sulfide) groups is 1. The van der Waals surface area contributed by atoms with Gasteiger partial charge in [-0.3, -0.25) is 4.79 Å². The van der Waals surface area contributed by atoms with Crippen molar-refractivity contribution in [2.24, 2.45) is 5.14 Å². The average Bonchev–Trinajstić information content (AvgIpc) is 2.97. The van der Waals surface area contributed by atoms with E-state index in [0.29, 0.717) is 11.4 Å². The largest absolute Gasteiger partial charge is 0.468 e. The first-order valence-electron chi connectivity index (χ1n) is 6.44. The highest BCUT2D eigenvalue weighted by atomic mass is 32.2. The van der Waals surface area contributed by atoms with Crippen LogP contribution in [0.15, 0.2) is 52.0 Å². The minimum Gasteiger partial charge on any atom is -0.468 e. The van der Waals surface area contributed by atoms with Crippen molar-refractivity contribution >= 4 is 33.4 Å². The fourth-order valence-corrected chi connectivity index (χ4v) is 2.95. The fraction of sp³-hybridized carbons (Fsp3) is 0.214. The zero-order chi connectivity index (χ0) is 16.2. The number of hydrogen-bond donors (Lipinski definition) is 2. The number of carbonyl (C=O) groups is 1. The Hall–Kier alpha value is -1.77. The van der Waals surface area contributed by atoms with E-state index in [-0.39, 0.29) is 16.1 Å². The molecule has 1 atom stereocenters. The van der Waals surface area contributed by atoms with Crippen molar-refractivity contribution in [1.82, 2.24) is 0 Å². The Morgan fingerprint density at radius 1 is 1.32 bits per heavy atom. The van der Waals surface area contributed by atoms with Crippen molar-refractivity contribution in [3.63, 3.8) is 0 Å². The SMILES string of the molecule is C[C@@H](SCc1ccco1)C(=O)Nc1ccc(S(N)(=O)=O)cc1. The van der Waals surface area contributed by atoms with Gasteiger partial charge in [0.25, 0.3) is 0 Å². The molecule has 3 N–H and O–H groups in total. The lowest BCUT2D eigenvalue weighted by Crippen LogP contribution is -2.22. The van der Waals surface area contributed by atoms with E-state index in [9.17, 15) is 13.2 Å². The lowest BCUT2D eigenvalue weighted by molar-refractivity contribution is -0.115. The van der Waals surface area contributed by atoms with Crippen molar-refractivity contribution in [3.8, 4) is 0 Å². The predicted molar refractivity (Wildman–Crippen MR) is 85.9 cm³/mol. The van der Waals surface area contributed by atoms with Crippen LogP contribution in [0.4, 0.5) is 5.69 Å². The molecule has 22 heavy (non-hydrogen) atoms. The van der Waals surface area contributed by atoms with Crippen LogP contribution in [0.5, 0.6) is 0 Å². The molecule has 0 aliphatic heterocycles. The Morgan fingerprint density at radius 3 is 2.55 bits per heavy atom. The summed E-state index contributed by atoms with van der Waals surface area (Å²) in [6.07, 6.45) is 1.59. The van der Waals surface area contributed by atoms with Crippen LogP contribution >= 0.6 is 11.8 Å². The molecule has 0 unspecified atom stereocenters. The molecule has 0 aliphatic rings. The third kappa shape index (κ3) is 4.62. The number of amides is 1. The standard InChI is InChI=1S/C14H16N2O4S2/c1-10(21-9-12-3-2-8-20-12)14(17)16-11-4-6-13(7-5-11)22(15,18)19/h2-8,10H,9H2,1H3,(H,16,17)(H2,15,18,19)/t10-/m1/s1. The maximum atomic E-state index is 12.0. The van der Waals surface area contributed by atoms with Crippen molar-refractivity contribution < 1.29 is 17.6 Å². The third-order valence-electron chi connectivity index (χ3n) is 2.88. The zero-order valence-electron chi connectivity index (χ0n) is 11.9. The molecule has 0 spiro atoms. The highest BCUT2D eigenvalue weighted by Crippen LogP contribution is 2.20. The van der Waals surface area contributed by atoms with Gasteiger partial charge in [0.2, 0.25) is 15.9 Å². The van der Waals surface area contributed by atoms with Crippen molar-refractivity contribution in [1.29, 1.82) is 0 Å². The molecule has 0 aliphatic carbocycles. The normalized spacial score (nSPS) is 12.8. The average molecular weight is 340 g/mol. The van der Waals surface area contributed by atoms with E-state index in [4.69, 9.17) is 9.56 Å². The second-order valence-corrected chi connectivity index (χ2v) is 7.48. The number of sulfonamides is 1. The quantitative estimate of drug-likeness (QED) is 0.839. The summed E-state index contributed by atoms with van der Waals surface area (Å²) in [6.45, 7) is 1.79. The molecule has 0 radical (unpaired) electrons. The lowest BCUT2D eigenvalue weighted by Gasteiger charge is -2.11. The number of carbonyl (C=O) groups excluding carboxylic acids is 1. The lowest BCUT2D eigenvalue weighted by atomic mass is 10.3. The van der Waals surface area contributed by atoms with Gasteiger partial charge in [0.15, 0.2) is 0 Å². The summed E-state index contributed by atoms with van der Waals surface area (Å²) in [5.41, 5.74) is 0.517. The molecule has 2 aromatic rings. The first kappa shape index (κ1) is 16.6. The van der Waals surface area contributed by atoms with Gasteiger partial charge >= 0.3 is 0 Å². The smallest absolute Gasteiger partial charge is 0.238 e. The van der Waals surface area contributed by atoms with Crippen molar-refractivity contribution in [3.05, 3.63) is 48.4 Å². The van der Waals surface area contributed by atoms with Crippen molar-refractivity contribution in [2.45, 2.75) is 22.8 Å². The minimum atomic E-state index is -3.73. The van der Waals surface area contributed by atoms with E-state index in [1.54, 1.807) is 19.3 Å². The molecule has 0 saturated heterocycles. The minimum absolute atomic E-state index is 0.00532. The van der Waals surface area contributed by atoms with Gasteiger partial charge in [0.05, 0.1) is 22.2 Å². The molecule has 0 bridgehead atoms. The van der Waals surface area contributed by atoms with E-state index in [0.717, 1.165) is 5.76 Å². The number of nitrogens with one attached hydrogen (secondary N) is 1. The highest BCUT2D eigenvalue weighted by Gasteiger charge is 2.15. The van der Waals surface area contributed by atoms with Gasteiger partial charge in [0.1, 0.15) is 5.76 Å². The van der Waals surface area contributed by atoms with Gasteiger partial charge in [-0.05, 0) is 43.3 Å². The molecule has 1 aromatic heterocycles. The van der Waals surface area contributed by atoms with Crippen LogP contribution < -0.4 is 10.5 Å². The van der Waals surface area contributed by atoms with Crippen LogP contribution in [0.3, 0.4) is 0 Å². The monoisotopic (exact) mass is 340 g/mol. The second kappa shape index (κ2) is 6.99. The Kier molecular flexibility index (Phi) is 5.28. The van der Waals surface area contributed by atoms with Crippen LogP contribution in [0.1, 0.15) is 12.7 Å². The summed E-state index contributed by atoms with van der Waals surface area (Å²) >= 11 is 1.45. The van der Waals surface area contributed by atoms with Crippen molar-refractivity contribution in [2.75, 3.05) is 5.32 Å². The maximum absolute atomic E-state index is 12.0. The summed E-state index contributed by atoms with van der Waals surface area (Å²) in [5, 5.41) is 7.46. The molecule has 1 heterocycles. The zero-order valence-corrected chi connectivity index (χ0v) is 13.5. The molecule has 0 fully saturated rings. The molecular formula is C14H16N2O4S2. The molecule has 2 rings (SSSR count). The van der Waals surface area contributed by atoms with Crippen LogP contribution in [0.25, 0.3) is 0 Å². The Balaban J connectivity index is 1.90. The van der Waals surface area contributed by atoms with E-state index < -0.39 is 10.0 Å². The molecular weight excluding hydrogens is 324 g/mol. The summed E-state index contributed by atoms with van der Waals surface area (Å²) in [6, 6.07) is 9.36. The summed E-state index contributed by atoms with van der Waals surface area (Å²) < 4.78 is 27.5. The maximum Gasteiger partial charge on any atom is 0.238 e. The third-order valence-corrected chi connectivity index (χ3v) is 4.97.